The van der Waals surface area contributed by atoms with Gasteiger partial charge in [0, 0.05) is 32.1 Å². The number of hydrogen-bond acceptors (Lipinski definition) is 4. The van der Waals surface area contributed by atoms with E-state index in [2.05, 4.69) is 38.0 Å². The summed E-state index contributed by atoms with van der Waals surface area (Å²) < 4.78 is 1.04. The first-order chi connectivity index (χ1) is 12.6. The van der Waals surface area contributed by atoms with Crippen molar-refractivity contribution in [2.24, 2.45) is 10.9 Å². The molecule has 3 rings (SSSR count). The minimum atomic E-state index is -0.246. The quantitative estimate of drug-likeness (QED) is 0.183. The number of carbonyl (C=O) groups excluding carboxylic acids is 1. The minimum absolute atomic E-state index is 0.00500. The van der Waals surface area contributed by atoms with E-state index in [4.69, 9.17) is 10.9 Å². The third-order valence-electron chi connectivity index (χ3n) is 3.72. The molecular formula is C19H15IN4O2. The first-order valence-corrected chi connectivity index (χ1v) is 8.76. The molecule has 0 spiro atoms. The molecule has 26 heavy (non-hydrogen) atoms. The number of nitrogens with one attached hydrogen (secondary N) is 1. The molecule has 6 nitrogen and oxygen atoms in total. The van der Waals surface area contributed by atoms with Crippen LogP contribution in [-0.2, 0) is 0 Å². The number of aromatic nitrogens is 1. The number of rotatable bonds is 4. The summed E-state index contributed by atoms with van der Waals surface area (Å²) >= 11 is 2.24. The molecule has 2 aromatic carbocycles. The Labute approximate surface area is 163 Å². The van der Waals surface area contributed by atoms with Gasteiger partial charge in [-0.25, -0.2) is 0 Å². The second kappa shape index (κ2) is 7.96. The lowest BCUT2D eigenvalue weighted by Crippen LogP contribution is -2.15. The molecule has 7 heteroatoms. The first kappa shape index (κ1) is 17.9. The Balaban J connectivity index is 1.82. The molecule has 0 aliphatic heterocycles. The van der Waals surface area contributed by atoms with Gasteiger partial charge in [-0.3, -0.25) is 9.78 Å². The molecule has 1 aromatic heterocycles. The number of nitrogens with zero attached hydrogens (tertiary/aromatic N) is 2. The van der Waals surface area contributed by atoms with Gasteiger partial charge in [-0.05, 0) is 65.1 Å². The molecule has 0 bridgehead atoms. The van der Waals surface area contributed by atoms with E-state index in [1.165, 1.54) is 0 Å². The SMILES string of the molecule is NC(=NO)c1ccc(C(=O)Nc2ccc(I)c(-c3ccccn3)c2)cc1. The van der Waals surface area contributed by atoms with Crippen molar-refractivity contribution in [3.8, 4) is 11.3 Å². The van der Waals surface area contributed by atoms with Gasteiger partial charge in [0.1, 0.15) is 0 Å². The molecule has 0 atom stereocenters. The number of amidine groups is 1. The van der Waals surface area contributed by atoms with E-state index in [0.717, 1.165) is 14.8 Å². The van der Waals surface area contributed by atoms with Crippen LogP contribution in [0.5, 0.6) is 0 Å². The van der Waals surface area contributed by atoms with Crippen molar-refractivity contribution in [1.82, 2.24) is 4.98 Å². The standard InChI is InChI=1S/C19H15IN4O2/c20-16-9-8-14(11-15(16)17-3-1-2-10-22-17)23-19(25)13-6-4-12(5-7-13)18(21)24-26/h1-11,26H,(H2,21,24)(H,23,25). The largest absolute Gasteiger partial charge is 0.409 e. The Hall–Kier alpha value is -2.94. The average Bonchev–Trinajstić information content (AvgIpc) is 2.69. The Kier molecular flexibility index (Phi) is 5.47. The van der Waals surface area contributed by atoms with Gasteiger partial charge >= 0.3 is 0 Å². The molecule has 0 aliphatic rings. The summed E-state index contributed by atoms with van der Waals surface area (Å²) in [4.78, 5) is 16.8. The van der Waals surface area contributed by atoms with E-state index in [9.17, 15) is 4.79 Å². The predicted molar refractivity (Wildman–Crippen MR) is 109 cm³/mol. The summed E-state index contributed by atoms with van der Waals surface area (Å²) in [7, 11) is 0. The van der Waals surface area contributed by atoms with Crippen LogP contribution in [0, 0.1) is 3.57 Å². The second-order valence-electron chi connectivity index (χ2n) is 5.43. The maximum atomic E-state index is 12.5. The zero-order chi connectivity index (χ0) is 18.5. The molecule has 1 amide bonds. The van der Waals surface area contributed by atoms with Crippen molar-refractivity contribution < 1.29 is 10.0 Å². The number of hydrogen-bond donors (Lipinski definition) is 3. The summed E-state index contributed by atoms with van der Waals surface area (Å²) in [6.07, 6.45) is 1.74. The highest BCUT2D eigenvalue weighted by molar-refractivity contribution is 14.1. The molecule has 130 valence electrons. The maximum Gasteiger partial charge on any atom is 0.255 e. The van der Waals surface area contributed by atoms with Crippen molar-refractivity contribution >= 4 is 40.0 Å². The lowest BCUT2D eigenvalue weighted by Gasteiger charge is -2.10. The Morgan fingerprint density at radius 3 is 2.46 bits per heavy atom. The van der Waals surface area contributed by atoms with Gasteiger partial charge in [-0.15, -0.1) is 0 Å². The fourth-order valence-electron chi connectivity index (χ4n) is 2.37. The molecule has 0 radical (unpaired) electrons. The van der Waals surface area contributed by atoms with Crippen molar-refractivity contribution in [2.45, 2.75) is 0 Å². The zero-order valence-electron chi connectivity index (χ0n) is 13.6. The van der Waals surface area contributed by atoms with Gasteiger partial charge in [-0.2, -0.15) is 0 Å². The number of benzene rings is 2. The van der Waals surface area contributed by atoms with Crippen LogP contribution in [0.1, 0.15) is 15.9 Å². The van der Waals surface area contributed by atoms with E-state index < -0.39 is 0 Å². The molecule has 0 fully saturated rings. The molecule has 0 aliphatic carbocycles. The number of pyridine rings is 1. The van der Waals surface area contributed by atoms with E-state index >= 15 is 0 Å². The van der Waals surface area contributed by atoms with Crippen LogP contribution >= 0.6 is 22.6 Å². The van der Waals surface area contributed by atoms with Gasteiger partial charge in [0.05, 0.1) is 5.69 Å². The summed E-state index contributed by atoms with van der Waals surface area (Å²) in [5.74, 6) is -0.251. The maximum absolute atomic E-state index is 12.5. The third kappa shape index (κ3) is 3.99. The van der Waals surface area contributed by atoms with Crippen LogP contribution < -0.4 is 11.1 Å². The van der Waals surface area contributed by atoms with Crippen LogP contribution in [0.3, 0.4) is 0 Å². The highest BCUT2D eigenvalue weighted by atomic mass is 127. The third-order valence-corrected chi connectivity index (χ3v) is 4.66. The number of carbonyl (C=O) groups is 1. The Morgan fingerprint density at radius 2 is 1.81 bits per heavy atom. The molecular weight excluding hydrogens is 443 g/mol. The molecule has 0 unspecified atom stereocenters. The molecule has 0 saturated heterocycles. The van der Waals surface area contributed by atoms with Crippen molar-refractivity contribution in [3.05, 3.63) is 81.6 Å². The van der Waals surface area contributed by atoms with Gasteiger partial charge in [-0.1, -0.05) is 23.4 Å². The van der Waals surface area contributed by atoms with Crippen molar-refractivity contribution in [1.29, 1.82) is 0 Å². The number of nitrogens with two attached hydrogens (primary N) is 1. The number of anilines is 1. The minimum Gasteiger partial charge on any atom is -0.409 e. The van der Waals surface area contributed by atoms with Crippen molar-refractivity contribution in [3.63, 3.8) is 0 Å². The molecule has 1 heterocycles. The highest BCUT2D eigenvalue weighted by Gasteiger charge is 2.10. The molecule has 0 saturated carbocycles. The van der Waals surface area contributed by atoms with Crippen LogP contribution in [0.2, 0.25) is 0 Å². The summed E-state index contributed by atoms with van der Waals surface area (Å²) in [6.45, 7) is 0. The summed E-state index contributed by atoms with van der Waals surface area (Å²) in [5.41, 5.74) is 9.00. The monoisotopic (exact) mass is 458 g/mol. The van der Waals surface area contributed by atoms with E-state index in [0.29, 0.717) is 16.8 Å². The van der Waals surface area contributed by atoms with Crippen LogP contribution in [0.4, 0.5) is 5.69 Å². The predicted octanol–water partition coefficient (Wildman–Crippen LogP) is 3.70. The normalized spacial score (nSPS) is 11.2. The van der Waals surface area contributed by atoms with Crippen molar-refractivity contribution in [2.75, 3.05) is 5.32 Å². The lowest BCUT2D eigenvalue weighted by molar-refractivity contribution is 0.102. The zero-order valence-corrected chi connectivity index (χ0v) is 15.7. The smallest absolute Gasteiger partial charge is 0.255 e. The van der Waals surface area contributed by atoms with Gasteiger partial charge in [0.15, 0.2) is 5.84 Å². The van der Waals surface area contributed by atoms with E-state index in [1.54, 1.807) is 30.5 Å². The van der Waals surface area contributed by atoms with Crippen LogP contribution in [0.25, 0.3) is 11.3 Å². The van der Waals surface area contributed by atoms with E-state index in [1.807, 2.05) is 36.4 Å². The first-order valence-electron chi connectivity index (χ1n) is 7.69. The Bertz CT molecular complexity index is 957. The average molecular weight is 458 g/mol. The van der Waals surface area contributed by atoms with E-state index in [-0.39, 0.29) is 11.7 Å². The number of halogens is 1. The van der Waals surface area contributed by atoms with Crippen LogP contribution in [0.15, 0.2) is 72.0 Å². The van der Waals surface area contributed by atoms with Gasteiger partial charge in [0.25, 0.3) is 5.91 Å². The second-order valence-corrected chi connectivity index (χ2v) is 6.59. The fourth-order valence-corrected chi connectivity index (χ4v) is 2.99. The van der Waals surface area contributed by atoms with Gasteiger partial charge in [0.2, 0.25) is 0 Å². The Morgan fingerprint density at radius 1 is 1.08 bits per heavy atom. The molecule has 4 N–H and O–H groups in total. The topological polar surface area (TPSA) is 101 Å². The summed E-state index contributed by atoms with van der Waals surface area (Å²) in [6, 6.07) is 17.9. The number of oxime groups is 1. The highest BCUT2D eigenvalue weighted by Crippen LogP contribution is 2.27. The molecule has 3 aromatic rings. The fraction of sp³-hybridized carbons (Fsp3) is 0. The van der Waals surface area contributed by atoms with Crippen LogP contribution in [-0.4, -0.2) is 21.9 Å². The summed E-state index contributed by atoms with van der Waals surface area (Å²) in [5, 5.41) is 14.5. The van der Waals surface area contributed by atoms with Gasteiger partial charge < -0.3 is 16.3 Å². The lowest BCUT2D eigenvalue weighted by atomic mass is 10.1. The number of amides is 1.